The summed E-state index contributed by atoms with van der Waals surface area (Å²) in [6.07, 6.45) is 3.57. The fraction of sp³-hybridized carbons (Fsp3) is 0.143. The predicted molar refractivity (Wildman–Crippen MR) is 70.3 cm³/mol. The third-order valence-corrected chi connectivity index (χ3v) is 3.18. The summed E-state index contributed by atoms with van der Waals surface area (Å²) in [4.78, 5) is 8.09. The van der Waals surface area contributed by atoms with Gasteiger partial charge in [0.2, 0.25) is 0 Å². The largest absolute Gasteiger partial charge is 0.237 e. The van der Waals surface area contributed by atoms with Gasteiger partial charge in [-0.2, -0.15) is 0 Å². The SMILES string of the molecule is ICS/C=C/c1cc(I)ncn1. The molecule has 0 spiro atoms. The van der Waals surface area contributed by atoms with E-state index in [0.29, 0.717) is 0 Å². The van der Waals surface area contributed by atoms with E-state index in [0.717, 1.165) is 13.2 Å². The molecular weight excluding hydrogens is 398 g/mol. The summed E-state index contributed by atoms with van der Waals surface area (Å²) in [5.41, 5.74) is 0.965. The molecule has 0 aliphatic heterocycles. The molecule has 1 rings (SSSR count). The van der Waals surface area contributed by atoms with E-state index in [9.17, 15) is 0 Å². The summed E-state index contributed by atoms with van der Waals surface area (Å²) in [5.74, 6) is 0. The first-order valence-corrected chi connectivity index (χ1v) is 6.80. The van der Waals surface area contributed by atoms with Gasteiger partial charge in [0.15, 0.2) is 0 Å². The molecule has 0 fully saturated rings. The van der Waals surface area contributed by atoms with E-state index >= 15 is 0 Å². The second-order valence-electron chi connectivity index (χ2n) is 1.84. The highest BCUT2D eigenvalue weighted by molar-refractivity contribution is 14.1. The lowest BCUT2D eigenvalue weighted by molar-refractivity contribution is 1.12. The van der Waals surface area contributed by atoms with Crippen LogP contribution < -0.4 is 0 Å². The second kappa shape index (κ2) is 6.14. The van der Waals surface area contributed by atoms with Gasteiger partial charge in [0.05, 0.1) is 5.69 Å². The molecule has 0 saturated carbocycles. The molecule has 0 aliphatic rings. The third-order valence-electron chi connectivity index (χ3n) is 1.05. The Bertz CT molecular complexity index is 278. The van der Waals surface area contributed by atoms with E-state index in [1.807, 2.05) is 17.6 Å². The van der Waals surface area contributed by atoms with Crippen LogP contribution in [0.5, 0.6) is 0 Å². The van der Waals surface area contributed by atoms with Crippen LogP contribution in [0.1, 0.15) is 5.69 Å². The predicted octanol–water partition coefficient (Wildman–Crippen LogP) is 3.18. The van der Waals surface area contributed by atoms with Crippen LogP contribution in [0.2, 0.25) is 0 Å². The van der Waals surface area contributed by atoms with E-state index in [1.165, 1.54) is 0 Å². The zero-order chi connectivity index (χ0) is 8.81. The van der Waals surface area contributed by atoms with E-state index in [-0.39, 0.29) is 0 Å². The van der Waals surface area contributed by atoms with Gasteiger partial charge in [-0.3, -0.25) is 0 Å². The number of halogens is 2. The van der Waals surface area contributed by atoms with Crippen LogP contribution >= 0.6 is 56.9 Å². The molecule has 0 amide bonds. The van der Waals surface area contributed by atoms with Crippen LogP contribution in [-0.2, 0) is 0 Å². The monoisotopic (exact) mass is 404 g/mol. The minimum Gasteiger partial charge on any atom is -0.237 e. The lowest BCUT2D eigenvalue weighted by Crippen LogP contribution is -1.84. The summed E-state index contributed by atoms with van der Waals surface area (Å²) in [6.45, 7) is 0. The van der Waals surface area contributed by atoms with Crippen molar-refractivity contribution in [3.05, 3.63) is 27.2 Å². The molecule has 0 saturated heterocycles. The van der Waals surface area contributed by atoms with Crippen molar-refractivity contribution < 1.29 is 0 Å². The smallest absolute Gasteiger partial charge is 0.117 e. The molecule has 2 nitrogen and oxygen atoms in total. The lowest BCUT2D eigenvalue weighted by Gasteiger charge is -1.91. The Balaban J connectivity index is 2.63. The van der Waals surface area contributed by atoms with Crippen LogP contribution in [0.15, 0.2) is 17.8 Å². The van der Waals surface area contributed by atoms with Gasteiger partial charge in [-0.05, 0) is 40.1 Å². The van der Waals surface area contributed by atoms with Gasteiger partial charge in [-0.15, -0.1) is 11.8 Å². The van der Waals surface area contributed by atoms with Crippen molar-refractivity contribution in [1.29, 1.82) is 0 Å². The van der Waals surface area contributed by atoms with Gasteiger partial charge in [-0.25, -0.2) is 9.97 Å². The minimum atomic E-state index is 0.965. The Kier molecular flexibility index (Phi) is 5.48. The molecule has 0 radical (unpaired) electrons. The maximum atomic E-state index is 4.09. The van der Waals surface area contributed by atoms with Crippen LogP contribution in [0.4, 0.5) is 0 Å². The van der Waals surface area contributed by atoms with Gasteiger partial charge in [0, 0.05) is 3.76 Å². The zero-order valence-electron chi connectivity index (χ0n) is 6.08. The highest BCUT2D eigenvalue weighted by Crippen LogP contribution is 2.10. The van der Waals surface area contributed by atoms with E-state index in [1.54, 1.807) is 18.1 Å². The molecule has 0 bridgehead atoms. The average molecular weight is 404 g/mol. The molecule has 0 unspecified atom stereocenters. The van der Waals surface area contributed by atoms with E-state index < -0.39 is 0 Å². The molecule has 1 aromatic rings. The first kappa shape index (κ1) is 10.7. The first-order chi connectivity index (χ1) is 5.83. The van der Waals surface area contributed by atoms with Gasteiger partial charge in [0.25, 0.3) is 0 Å². The highest BCUT2D eigenvalue weighted by atomic mass is 127. The average Bonchev–Trinajstić information content (AvgIpc) is 2.05. The van der Waals surface area contributed by atoms with Crippen LogP contribution in [0.25, 0.3) is 6.08 Å². The molecular formula is C7H6I2N2S. The quantitative estimate of drug-likeness (QED) is 0.440. The number of aromatic nitrogens is 2. The van der Waals surface area contributed by atoms with E-state index in [2.05, 4.69) is 55.1 Å². The summed E-state index contributed by atoms with van der Waals surface area (Å²) in [7, 11) is 0. The number of hydrogen-bond acceptors (Lipinski definition) is 3. The number of alkyl halides is 1. The van der Waals surface area contributed by atoms with E-state index in [4.69, 9.17) is 0 Å². The number of hydrogen-bond donors (Lipinski definition) is 0. The van der Waals surface area contributed by atoms with Crippen LogP contribution in [-0.4, -0.2) is 13.7 Å². The number of nitrogens with zero attached hydrogens (tertiary/aromatic N) is 2. The Hall–Kier alpha value is 0.630. The van der Waals surface area contributed by atoms with Gasteiger partial charge < -0.3 is 0 Å². The molecule has 1 heterocycles. The molecule has 0 atom stereocenters. The lowest BCUT2D eigenvalue weighted by atomic mass is 10.4. The van der Waals surface area contributed by atoms with Crippen molar-refractivity contribution in [3.63, 3.8) is 0 Å². The Morgan fingerprint density at radius 2 is 2.33 bits per heavy atom. The summed E-state index contributed by atoms with van der Waals surface area (Å²) in [6, 6.07) is 1.95. The van der Waals surface area contributed by atoms with Crippen molar-refractivity contribution in [3.8, 4) is 0 Å². The molecule has 12 heavy (non-hydrogen) atoms. The zero-order valence-corrected chi connectivity index (χ0v) is 11.2. The summed E-state index contributed by atoms with van der Waals surface area (Å²) in [5, 5.41) is 2.05. The van der Waals surface area contributed by atoms with Gasteiger partial charge >= 0.3 is 0 Å². The minimum absolute atomic E-state index is 0.965. The van der Waals surface area contributed by atoms with Crippen molar-refractivity contribution in [2.75, 3.05) is 3.76 Å². The molecule has 0 aliphatic carbocycles. The second-order valence-corrected chi connectivity index (χ2v) is 5.64. The summed E-state index contributed by atoms with van der Waals surface area (Å²) < 4.78 is 2.04. The highest BCUT2D eigenvalue weighted by Gasteiger charge is 1.89. The Morgan fingerprint density at radius 1 is 1.50 bits per heavy atom. The fourth-order valence-corrected chi connectivity index (χ4v) is 1.97. The molecule has 0 aromatic carbocycles. The molecule has 1 aromatic heterocycles. The molecule has 64 valence electrons. The maximum Gasteiger partial charge on any atom is 0.117 e. The molecule has 0 N–H and O–H groups in total. The maximum absolute atomic E-state index is 4.09. The van der Waals surface area contributed by atoms with Crippen molar-refractivity contribution in [1.82, 2.24) is 9.97 Å². The Labute approximate surface area is 103 Å². The topological polar surface area (TPSA) is 25.8 Å². The van der Waals surface area contributed by atoms with Gasteiger partial charge in [0.1, 0.15) is 10.0 Å². The normalized spacial score (nSPS) is 10.8. The first-order valence-electron chi connectivity index (χ1n) is 3.14. The molecule has 5 heteroatoms. The Morgan fingerprint density at radius 3 is 3.00 bits per heavy atom. The standard InChI is InChI=1S/C7H6I2N2S/c8-4-12-2-1-6-3-7(9)11-5-10-6/h1-3,5H,4H2/b2-1+. The third kappa shape index (κ3) is 4.04. The number of rotatable bonds is 3. The van der Waals surface area contributed by atoms with Crippen LogP contribution in [0, 0.1) is 3.70 Å². The van der Waals surface area contributed by atoms with Crippen molar-refractivity contribution in [2.24, 2.45) is 0 Å². The summed E-state index contributed by atoms with van der Waals surface area (Å²) >= 11 is 6.24. The van der Waals surface area contributed by atoms with Crippen molar-refractivity contribution in [2.45, 2.75) is 0 Å². The van der Waals surface area contributed by atoms with Crippen LogP contribution in [0.3, 0.4) is 0 Å². The number of thioether (sulfide) groups is 1. The van der Waals surface area contributed by atoms with Gasteiger partial charge in [-0.1, -0.05) is 22.6 Å². The van der Waals surface area contributed by atoms with Crippen molar-refractivity contribution >= 4 is 63.0 Å². The fourth-order valence-electron chi connectivity index (χ4n) is 0.593.